The minimum Gasteiger partial charge on any atom is -0.478 e. The lowest BCUT2D eigenvalue weighted by Crippen LogP contribution is -2.44. The number of nitrogens with zero attached hydrogens (tertiary/aromatic N) is 1. The molecule has 148 valence electrons. The van der Waals surface area contributed by atoms with Gasteiger partial charge in [0.2, 0.25) is 11.8 Å². The maximum Gasteiger partial charge on any atom is 0.335 e. The Morgan fingerprint density at radius 3 is 2.07 bits per heavy atom. The molecule has 0 saturated heterocycles. The first kappa shape index (κ1) is 21.2. The van der Waals surface area contributed by atoms with Crippen LogP contribution in [0, 0.1) is 19.3 Å². The lowest BCUT2D eigenvalue weighted by molar-refractivity contribution is -0.127. The van der Waals surface area contributed by atoms with Crippen LogP contribution in [-0.2, 0) is 9.59 Å². The Labute approximate surface area is 165 Å². The van der Waals surface area contributed by atoms with E-state index in [1.807, 2.05) is 52.8 Å². The number of amides is 2. The lowest BCUT2D eigenvalue weighted by Gasteiger charge is -2.29. The number of aryl methyl sites for hydroxylation is 2. The molecule has 0 saturated carbocycles. The standard InChI is InChI=1S/C22H26N2O4/c1-14-6-11-18(12-15(14)2)24(21(28)22(3,4)5)13-19(25)23-17-9-7-16(8-10-17)20(26)27/h6-12H,13H2,1-5H3,(H,23,25)(H,26,27). The van der Waals surface area contributed by atoms with E-state index in [4.69, 9.17) is 5.11 Å². The molecule has 2 N–H and O–H groups in total. The summed E-state index contributed by atoms with van der Waals surface area (Å²) in [4.78, 5) is 37.9. The van der Waals surface area contributed by atoms with Gasteiger partial charge < -0.3 is 15.3 Å². The highest BCUT2D eigenvalue weighted by Crippen LogP contribution is 2.25. The van der Waals surface area contributed by atoms with Crippen molar-refractivity contribution in [1.29, 1.82) is 0 Å². The zero-order chi connectivity index (χ0) is 21.1. The SMILES string of the molecule is Cc1ccc(N(CC(=O)Nc2ccc(C(=O)O)cc2)C(=O)C(C)(C)C)cc1C. The van der Waals surface area contributed by atoms with Gasteiger partial charge >= 0.3 is 5.97 Å². The number of benzene rings is 2. The Balaban J connectivity index is 2.23. The Morgan fingerprint density at radius 2 is 1.57 bits per heavy atom. The zero-order valence-corrected chi connectivity index (χ0v) is 16.9. The van der Waals surface area contributed by atoms with Crippen LogP contribution < -0.4 is 10.2 Å². The van der Waals surface area contributed by atoms with Gasteiger partial charge in [0.25, 0.3) is 0 Å². The monoisotopic (exact) mass is 382 g/mol. The summed E-state index contributed by atoms with van der Waals surface area (Å²) in [5, 5.41) is 11.7. The molecular formula is C22H26N2O4. The molecule has 0 aliphatic heterocycles. The van der Waals surface area contributed by atoms with Gasteiger partial charge in [-0.3, -0.25) is 9.59 Å². The van der Waals surface area contributed by atoms with Crippen molar-refractivity contribution < 1.29 is 19.5 Å². The minimum atomic E-state index is -1.03. The first-order valence-corrected chi connectivity index (χ1v) is 9.01. The Morgan fingerprint density at radius 1 is 0.964 bits per heavy atom. The molecule has 0 spiro atoms. The van der Waals surface area contributed by atoms with Gasteiger partial charge in [0.15, 0.2) is 0 Å². The van der Waals surface area contributed by atoms with Crippen LogP contribution in [0.4, 0.5) is 11.4 Å². The first-order chi connectivity index (χ1) is 13.0. The summed E-state index contributed by atoms with van der Waals surface area (Å²) in [5.41, 5.74) is 2.77. The second-order valence-electron chi connectivity index (χ2n) is 7.84. The zero-order valence-electron chi connectivity index (χ0n) is 16.9. The molecule has 0 unspecified atom stereocenters. The number of anilines is 2. The number of carboxylic acid groups (broad SMARTS) is 1. The Kier molecular flexibility index (Phi) is 6.23. The molecule has 6 nitrogen and oxygen atoms in total. The van der Waals surface area contributed by atoms with Crippen molar-refractivity contribution in [2.24, 2.45) is 5.41 Å². The van der Waals surface area contributed by atoms with Crippen molar-refractivity contribution in [3.05, 3.63) is 59.2 Å². The molecule has 0 bridgehead atoms. The van der Waals surface area contributed by atoms with Gasteiger partial charge in [-0.05, 0) is 61.4 Å². The molecule has 2 amide bonds. The van der Waals surface area contributed by atoms with Gasteiger partial charge in [0.05, 0.1) is 5.56 Å². The number of rotatable bonds is 5. The third kappa shape index (κ3) is 5.19. The Hall–Kier alpha value is -3.15. The molecule has 0 aliphatic carbocycles. The van der Waals surface area contributed by atoms with E-state index in [-0.39, 0.29) is 23.9 Å². The maximum atomic E-state index is 12.9. The predicted molar refractivity (Wildman–Crippen MR) is 110 cm³/mol. The van der Waals surface area contributed by atoms with E-state index in [0.717, 1.165) is 11.1 Å². The number of hydrogen-bond acceptors (Lipinski definition) is 3. The average molecular weight is 382 g/mol. The van der Waals surface area contributed by atoms with Gasteiger partial charge in [-0.15, -0.1) is 0 Å². The summed E-state index contributed by atoms with van der Waals surface area (Å²) in [6, 6.07) is 11.5. The van der Waals surface area contributed by atoms with Gasteiger partial charge in [0, 0.05) is 16.8 Å². The summed E-state index contributed by atoms with van der Waals surface area (Å²) in [5.74, 6) is -1.56. The highest BCUT2D eigenvalue weighted by molar-refractivity contribution is 6.04. The van der Waals surface area contributed by atoms with Crippen LogP contribution >= 0.6 is 0 Å². The van der Waals surface area contributed by atoms with Gasteiger partial charge in [-0.1, -0.05) is 26.8 Å². The van der Waals surface area contributed by atoms with Crippen LogP contribution in [0.25, 0.3) is 0 Å². The number of carbonyl (C=O) groups is 3. The number of hydrogen-bond donors (Lipinski definition) is 2. The molecule has 0 aliphatic rings. The summed E-state index contributed by atoms with van der Waals surface area (Å²) >= 11 is 0. The van der Waals surface area contributed by atoms with Crippen LogP contribution in [0.15, 0.2) is 42.5 Å². The molecule has 6 heteroatoms. The second kappa shape index (κ2) is 8.25. The fourth-order valence-electron chi connectivity index (χ4n) is 2.62. The molecule has 28 heavy (non-hydrogen) atoms. The van der Waals surface area contributed by atoms with E-state index in [1.54, 1.807) is 0 Å². The summed E-state index contributed by atoms with van der Waals surface area (Å²) in [6.45, 7) is 9.24. The normalized spacial score (nSPS) is 11.0. The van der Waals surface area contributed by atoms with Crippen LogP contribution in [0.1, 0.15) is 42.3 Å². The molecule has 2 aromatic carbocycles. The number of aromatic carboxylic acids is 1. The fourth-order valence-corrected chi connectivity index (χ4v) is 2.62. The van der Waals surface area contributed by atoms with Gasteiger partial charge in [-0.25, -0.2) is 4.79 Å². The predicted octanol–water partition coefficient (Wildman–Crippen LogP) is 4.02. The summed E-state index contributed by atoms with van der Waals surface area (Å²) < 4.78 is 0. The molecule has 0 heterocycles. The van der Waals surface area contributed by atoms with Crippen LogP contribution in [0.3, 0.4) is 0 Å². The fraction of sp³-hybridized carbons (Fsp3) is 0.318. The van der Waals surface area contributed by atoms with Gasteiger partial charge in [-0.2, -0.15) is 0 Å². The third-order valence-corrected chi connectivity index (χ3v) is 4.41. The van der Waals surface area contributed by atoms with Gasteiger partial charge in [0.1, 0.15) is 6.54 Å². The largest absolute Gasteiger partial charge is 0.478 e. The van der Waals surface area contributed by atoms with E-state index in [0.29, 0.717) is 11.4 Å². The van der Waals surface area contributed by atoms with Crippen molar-refractivity contribution in [1.82, 2.24) is 0 Å². The average Bonchev–Trinajstić information content (AvgIpc) is 2.61. The van der Waals surface area contributed by atoms with Crippen molar-refractivity contribution in [2.45, 2.75) is 34.6 Å². The molecule has 0 atom stereocenters. The van der Waals surface area contributed by atoms with Crippen molar-refractivity contribution in [2.75, 3.05) is 16.8 Å². The summed E-state index contributed by atoms with van der Waals surface area (Å²) in [6.07, 6.45) is 0. The third-order valence-electron chi connectivity index (χ3n) is 4.41. The minimum absolute atomic E-state index is 0.137. The second-order valence-corrected chi connectivity index (χ2v) is 7.84. The van der Waals surface area contributed by atoms with Crippen molar-refractivity contribution >= 4 is 29.2 Å². The van der Waals surface area contributed by atoms with E-state index in [2.05, 4.69) is 5.32 Å². The highest BCUT2D eigenvalue weighted by atomic mass is 16.4. The van der Waals surface area contributed by atoms with E-state index >= 15 is 0 Å². The molecule has 0 radical (unpaired) electrons. The molecule has 0 fully saturated rings. The number of carboxylic acids is 1. The van der Waals surface area contributed by atoms with Crippen LogP contribution in [0.5, 0.6) is 0 Å². The molecule has 2 aromatic rings. The van der Waals surface area contributed by atoms with Crippen LogP contribution in [-0.4, -0.2) is 29.4 Å². The highest BCUT2D eigenvalue weighted by Gasteiger charge is 2.30. The van der Waals surface area contributed by atoms with Crippen molar-refractivity contribution in [3.63, 3.8) is 0 Å². The molecule has 2 rings (SSSR count). The first-order valence-electron chi connectivity index (χ1n) is 9.01. The lowest BCUT2D eigenvalue weighted by atomic mass is 9.94. The van der Waals surface area contributed by atoms with E-state index in [1.165, 1.54) is 29.2 Å². The number of carbonyl (C=O) groups excluding carboxylic acids is 2. The van der Waals surface area contributed by atoms with Crippen molar-refractivity contribution in [3.8, 4) is 0 Å². The summed E-state index contributed by atoms with van der Waals surface area (Å²) in [7, 11) is 0. The van der Waals surface area contributed by atoms with Crippen LogP contribution in [0.2, 0.25) is 0 Å². The molecular weight excluding hydrogens is 356 g/mol. The smallest absolute Gasteiger partial charge is 0.335 e. The Bertz CT molecular complexity index is 896. The molecule has 0 aromatic heterocycles. The van der Waals surface area contributed by atoms with E-state index < -0.39 is 11.4 Å². The quantitative estimate of drug-likeness (QED) is 0.818. The van der Waals surface area contributed by atoms with E-state index in [9.17, 15) is 14.4 Å². The maximum absolute atomic E-state index is 12.9. The topological polar surface area (TPSA) is 86.7 Å². The number of nitrogens with one attached hydrogen (secondary N) is 1.